The molecule has 1 heterocycles. The number of aliphatic imine (C=N–C) groups is 1. The molecule has 0 unspecified atom stereocenters. The molecule has 0 bridgehead atoms. The molecule has 6 heteroatoms. The number of nitrogen functional groups attached to an aromatic ring is 1. The average Bonchev–Trinajstić information content (AvgIpc) is 2.69. The van der Waals surface area contributed by atoms with E-state index in [9.17, 15) is 14.4 Å². The van der Waals surface area contributed by atoms with Crippen LogP contribution >= 0.6 is 0 Å². The molecule has 0 aromatic heterocycles. The molecule has 1 aromatic carbocycles. The number of nitrogens with two attached hydrogens (primary N) is 1. The SMILES string of the molecule is CN1C(=O)N=C(Cc2c(N)ccc3c2C=CC(=O)C3)C1=O. The van der Waals surface area contributed by atoms with Crippen LogP contribution in [0.1, 0.15) is 16.7 Å². The van der Waals surface area contributed by atoms with Gasteiger partial charge in [-0.2, -0.15) is 4.99 Å². The summed E-state index contributed by atoms with van der Waals surface area (Å²) in [5, 5.41) is 0. The fourth-order valence-electron chi connectivity index (χ4n) is 2.51. The Morgan fingerprint density at radius 2 is 2.00 bits per heavy atom. The summed E-state index contributed by atoms with van der Waals surface area (Å²) in [6, 6.07) is 2.96. The molecular formula is C15H13N3O3. The second kappa shape index (κ2) is 4.66. The molecule has 0 fully saturated rings. The van der Waals surface area contributed by atoms with Crippen molar-refractivity contribution >= 4 is 35.2 Å². The highest BCUT2D eigenvalue weighted by Crippen LogP contribution is 2.27. The number of hydrogen-bond donors (Lipinski definition) is 1. The number of carbonyl (C=O) groups excluding carboxylic acids is 3. The third-order valence-electron chi connectivity index (χ3n) is 3.70. The van der Waals surface area contributed by atoms with Gasteiger partial charge in [0.1, 0.15) is 5.71 Å². The van der Waals surface area contributed by atoms with E-state index in [1.54, 1.807) is 12.1 Å². The predicted molar refractivity (Wildman–Crippen MR) is 77.9 cm³/mol. The van der Waals surface area contributed by atoms with E-state index in [2.05, 4.69) is 4.99 Å². The maximum Gasteiger partial charge on any atom is 0.350 e. The van der Waals surface area contributed by atoms with Gasteiger partial charge in [-0.1, -0.05) is 12.1 Å². The zero-order valence-electron chi connectivity index (χ0n) is 11.4. The van der Waals surface area contributed by atoms with Gasteiger partial charge in [-0.05, 0) is 28.8 Å². The summed E-state index contributed by atoms with van der Waals surface area (Å²) in [5.41, 5.74) is 9.12. The van der Waals surface area contributed by atoms with Crippen molar-refractivity contribution in [3.05, 3.63) is 34.9 Å². The lowest BCUT2D eigenvalue weighted by Gasteiger charge is -2.16. The van der Waals surface area contributed by atoms with Gasteiger partial charge in [-0.25, -0.2) is 4.79 Å². The maximum absolute atomic E-state index is 11.9. The smallest absolute Gasteiger partial charge is 0.350 e. The van der Waals surface area contributed by atoms with Gasteiger partial charge in [0.05, 0.1) is 0 Å². The number of amides is 3. The van der Waals surface area contributed by atoms with Crippen LogP contribution in [-0.4, -0.2) is 35.4 Å². The van der Waals surface area contributed by atoms with Crippen molar-refractivity contribution in [2.75, 3.05) is 12.8 Å². The van der Waals surface area contributed by atoms with Gasteiger partial charge in [-0.3, -0.25) is 14.5 Å². The summed E-state index contributed by atoms with van der Waals surface area (Å²) >= 11 is 0. The fraction of sp³-hybridized carbons (Fsp3) is 0.200. The van der Waals surface area contributed by atoms with Crippen LogP contribution in [0.25, 0.3) is 6.08 Å². The Morgan fingerprint density at radius 1 is 1.24 bits per heavy atom. The van der Waals surface area contributed by atoms with Crippen LogP contribution in [-0.2, 0) is 22.4 Å². The topological polar surface area (TPSA) is 92.8 Å². The van der Waals surface area contributed by atoms with Crippen molar-refractivity contribution in [3.8, 4) is 0 Å². The largest absolute Gasteiger partial charge is 0.398 e. The molecule has 3 amide bonds. The van der Waals surface area contributed by atoms with Crippen molar-refractivity contribution in [2.45, 2.75) is 12.8 Å². The molecule has 0 saturated carbocycles. The van der Waals surface area contributed by atoms with E-state index in [-0.39, 0.29) is 17.9 Å². The molecule has 0 radical (unpaired) electrons. The zero-order valence-corrected chi connectivity index (χ0v) is 11.4. The Morgan fingerprint density at radius 3 is 2.67 bits per heavy atom. The van der Waals surface area contributed by atoms with Crippen LogP contribution < -0.4 is 5.73 Å². The molecule has 0 saturated heterocycles. The van der Waals surface area contributed by atoms with Crippen molar-refractivity contribution in [2.24, 2.45) is 4.99 Å². The minimum Gasteiger partial charge on any atom is -0.398 e. The molecule has 1 aliphatic carbocycles. The van der Waals surface area contributed by atoms with Crippen molar-refractivity contribution in [1.82, 2.24) is 4.90 Å². The highest BCUT2D eigenvalue weighted by Gasteiger charge is 2.30. The van der Waals surface area contributed by atoms with Crippen LogP contribution in [0.5, 0.6) is 0 Å². The molecule has 0 atom stereocenters. The van der Waals surface area contributed by atoms with Crippen LogP contribution in [0.3, 0.4) is 0 Å². The van der Waals surface area contributed by atoms with Gasteiger partial charge < -0.3 is 5.73 Å². The number of hydrogen-bond acceptors (Lipinski definition) is 4. The number of anilines is 1. The Labute approximate surface area is 120 Å². The molecule has 2 aliphatic rings. The second-order valence-corrected chi connectivity index (χ2v) is 5.06. The number of allylic oxidation sites excluding steroid dienone is 1. The lowest BCUT2D eigenvalue weighted by Crippen LogP contribution is -2.29. The summed E-state index contributed by atoms with van der Waals surface area (Å²) in [6.45, 7) is 0. The highest BCUT2D eigenvalue weighted by atomic mass is 16.2. The normalized spacial score (nSPS) is 17.3. The fourth-order valence-corrected chi connectivity index (χ4v) is 2.51. The summed E-state index contributed by atoms with van der Waals surface area (Å²) in [4.78, 5) is 39.5. The number of nitrogens with zero attached hydrogens (tertiary/aromatic N) is 2. The molecule has 0 spiro atoms. The van der Waals surface area contributed by atoms with Gasteiger partial charge in [-0.15, -0.1) is 0 Å². The number of fused-ring (bicyclic) bond motifs is 1. The predicted octanol–water partition coefficient (Wildman–Crippen LogP) is 0.983. The van der Waals surface area contributed by atoms with Gasteiger partial charge in [0.2, 0.25) is 0 Å². The van der Waals surface area contributed by atoms with E-state index in [0.29, 0.717) is 12.1 Å². The number of ketones is 1. The molecule has 1 aromatic rings. The highest BCUT2D eigenvalue weighted by molar-refractivity contribution is 6.46. The first kappa shape index (κ1) is 13.2. The Kier molecular flexibility index (Phi) is 2.94. The number of benzene rings is 1. The lowest BCUT2D eigenvalue weighted by atomic mass is 9.89. The third kappa shape index (κ3) is 2.14. The van der Waals surface area contributed by atoms with Crippen LogP contribution in [0.15, 0.2) is 23.2 Å². The number of rotatable bonds is 2. The van der Waals surface area contributed by atoms with Crippen molar-refractivity contribution in [3.63, 3.8) is 0 Å². The second-order valence-electron chi connectivity index (χ2n) is 5.06. The first-order chi connectivity index (χ1) is 9.97. The Hall–Kier alpha value is -2.76. The molecule has 106 valence electrons. The maximum atomic E-state index is 11.9. The summed E-state index contributed by atoms with van der Waals surface area (Å²) in [7, 11) is 1.39. The first-order valence-corrected chi connectivity index (χ1v) is 6.48. The minimum atomic E-state index is -0.566. The van der Waals surface area contributed by atoms with Crippen LogP contribution in [0, 0.1) is 0 Å². The van der Waals surface area contributed by atoms with E-state index < -0.39 is 11.9 Å². The molecule has 6 nitrogen and oxygen atoms in total. The quantitative estimate of drug-likeness (QED) is 0.819. The molecule has 21 heavy (non-hydrogen) atoms. The molecule has 1 aliphatic heterocycles. The van der Waals surface area contributed by atoms with Gasteiger partial charge in [0.15, 0.2) is 5.78 Å². The average molecular weight is 283 g/mol. The van der Waals surface area contributed by atoms with E-state index in [1.165, 1.54) is 13.1 Å². The zero-order chi connectivity index (χ0) is 15.1. The lowest BCUT2D eigenvalue weighted by molar-refractivity contribution is -0.119. The Balaban J connectivity index is 2.02. The van der Waals surface area contributed by atoms with Crippen molar-refractivity contribution < 1.29 is 14.4 Å². The summed E-state index contributed by atoms with van der Waals surface area (Å²) in [6.07, 6.45) is 3.71. The molecule has 3 rings (SSSR count). The van der Waals surface area contributed by atoms with Crippen molar-refractivity contribution in [1.29, 1.82) is 0 Å². The van der Waals surface area contributed by atoms with E-state index in [4.69, 9.17) is 5.73 Å². The minimum absolute atomic E-state index is 0.0300. The van der Waals surface area contributed by atoms with Crippen LogP contribution in [0.2, 0.25) is 0 Å². The molecular weight excluding hydrogens is 270 g/mol. The standard InChI is InChI=1S/C15H13N3O3/c1-18-14(20)13(17-15(18)21)7-11-10-4-3-9(19)6-8(10)2-5-12(11)16/h2-5H,6-7,16H2,1H3. The third-order valence-corrected chi connectivity index (χ3v) is 3.70. The van der Waals surface area contributed by atoms with Gasteiger partial charge in [0, 0.05) is 25.6 Å². The van der Waals surface area contributed by atoms with Gasteiger partial charge >= 0.3 is 6.03 Å². The van der Waals surface area contributed by atoms with E-state index in [0.717, 1.165) is 21.6 Å². The first-order valence-electron chi connectivity index (χ1n) is 6.48. The van der Waals surface area contributed by atoms with Gasteiger partial charge in [0.25, 0.3) is 5.91 Å². The number of urea groups is 1. The molecule has 2 N–H and O–H groups in total. The van der Waals surface area contributed by atoms with E-state index in [1.807, 2.05) is 6.07 Å². The summed E-state index contributed by atoms with van der Waals surface area (Å²) < 4.78 is 0. The van der Waals surface area contributed by atoms with Crippen LogP contribution in [0.4, 0.5) is 10.5 Å². The number of carbonyl (C=O) groups is 3. The van der Waals surface area contributed by atoms with E-state index >= 15 is 0 Å². The number of imide groups is 1. The monoisotopic (exact) mass is 283 g/mol. The summed E-state index contributed by atoms with van der Waals surface area (Å²) in [5.74, 6) is -0.379. The Bertz CT molecular complexity index is 747.